The number of aryl methyl sites for hydroxylation is 1. The Bertz CT molecular complexity index is 983. The fourth-order valence-corrected chi connectivity index (χ4v) is 5.26. The number of pyridine rings is 1. The van der Waals surface area contributed by atoms with E-state index in [0.29, 0.717) is 0 Å². The van der Waals surface area contributed by atoms with E-state index in [4.69, 9.17) is 0 Å². The molecule has 0 atom stereocenters. The van der Waals surface area contributed by atoms with Crippen molar-refractivity contribution in [3.05, 3.63) is 71.4 Å². The average molecular weight is 487 g/mol. The molecule has 4 heteroatoms. The Hall–Kier alpha value is -1.53. The second-order valence-corrected chi connectivity index (χ2v) is 8.99. The molecule has 0 spiro atoms. The second kappa shape index (κ2) is 8.65. The summed E-state index contributed by atoms with van der Waals surface area (Å²) in [6.45, 7) is 1.09. The van der Waals surface area contributed by atoms with E-state index in [0.717, 1.165) is 6.54 Å². The number of hydrogen-bond acceptors (Lipinski definition) is 2. The lowest BCUT2D eigenvalue weighted by molar-refractivity contribution is -0.644. The van der Waals surface area contributed by atoms with Crippen molar-refractivity contribution in [3.8, 4) is 0 Å². The Balaban J connectivity index is 1.70. The molecule has 2 heterocycles. The molecular formula is C23H24IN2S+. The summed E-state index contributed by atoms with van der Waals surface area (Å²) in [5.74, 6) is 0. The molecule has 0 radical (unpaired) electrons. The number of halogens is 1. The van der Waals surface area contributed by atoms with E-state index in [1.807, 2.05) is 11.8 Å². The summed E-state index contributed by atoms with van der Waals surface area (Å²) in [6.07, 6.45) is 8.36. The zero-order valence-corrected chi connectivity index (χ0v) is 18.5. The predicted octanol–water partition coefficient (Wildman–Crippen LogP) is 6.18. The van der Waals surface area contributed by atoms with Crippen molar-refractivity contribution in [1.29, 1.82) is 0 Å². The van der Waals surface area contributed by atoms with E-state index in [9.17, 15) is 0 Å². The quantitative estimate of drug-likeness (QED) is 0.177. The number of alkyl halides is 1. The van der Waals surface area contributed by atoms with Crippen LogP contribution in [0.25, 0.3) is 17.0 Å². The van der Waals surface area contributed by atoms with Gasteiger partial charge in [-0.25, -0.2) is 4.57 Å². The highest BCUT2D eigenvalue weighted by Crippen LogP contribution is 2.46. The van der Waals surface area contributed by atoms with Gasteiger partial charge in [-0.05, 0) is 47.1 Å². The lowest BCUT2D eigenvalue weighted by Gasteiger charge is -2.20. The van der Waals surface area contributed by atoms with Crippen molar-refractivity contribution < 1.29 is 4.57 Å². The Morgan fingerprint density at radius 3 is 2.70 bits per heavy atom. The molecule has 2 nitrogen and oxygen atoms in total. The van der Waals surface area contributed by atoms with Gasteiger partial charge in [0.15, 0.2) is 6.20 Å². The van der Waals surface area contributed by atoms with Crippen LogP contribution in [0.4, 0.5) is 5.69 Å². The number of nitrogens with zero attached hydrogens (tertiary/aromatic N) is 2. The largest absolute Gasteiger partial charge is 0.335 e. The van der Waals surface area contributed by atoms with Crippen molar-refractivity contribution in [2.45, 2.75) is 24.2 Å². The molecule has 1 aliphatic rings. The zero-order valence-electron chi connectivity index (χ0n) is 15.6. The molecule has 0 fully saturated rings. The van der Waals surface area contributed by atoms with Crippen molar-refractivity contribution in [3.63, 3.8) is 0 Å². The molecule has 27 heavy (non-hydrogen) atoms. The van der Waals surface area contributed by atoms with Crippen LogP contribution in [0.5, 0.6) is 0 Å². The topological polar surface area (TPSA) is 7.12 Å². The number of anilines is 1. The number of unbranched alkanes of at least 4 members (excludes halogenated alkanes) is 2. The first-order chi connectivity index (χ1) is 13.3. The van der Waals surface area contributed by atoms with Crippen molar-refractivity contribution in [2.75, 3.05) is 15.9 Å². The Morgan fingerprint density at radius 1 is 1.00 bits per heavy atom. The summed E-state index contributed by atoms with van der Waals surface area (Å²) < 4.78 is 3.44. The summed E-state index contributed by atoms with van der Waals surface area (Å²) >= 11 is 4.37. The molecular weight excluding hydrogens is 463 g/mol. The van der Waals surface area contributed by atoms with Crippen molar-refractivity contribution in [2.24, 2.45) is 7.05 Å². The molecule has 1 aliphatic heterocycles. The van der Waals surface area contributed by atoms with Gasteiger partial charge in [-0.3, -0.25) is 0 Å². The summed E-state index contributed by atoms with van der Waals surface area (Å²) in [7, 11) is 2.11. The van der Waals surface area contributed by atoms with Gasteiger partial charge in [0.05, 0.1) is 16.1 Å². The van der Waals surface area contributed by atoms with Gasteiger partial charge >= 0.3 is 0 Å². The molecule has 0 aliphatic carbocycles. The Kier molecular flexibility index (Phi) is 6.03. The highest BCUT2D eigenvalue weighted by Gasteiger charge is 2.24. The monoisotopic (exact) mass is 487 g/mol. The summed E-state index contributed by atoms with van der Waals surface area (Å²) in [5, 5.41) is 2.64. The van der Waals surface area contributed by atoms with Crippen LogP contribution in [0, 0.1) is 0 Å². The van der Waals surface area contributed by atoms with Crippen LogP contribution >= 0.6 is 34.4 Å². The molecule has 0 saturated carbocycles. The molecule has 0 saturated heterocycles. The van der Waals surface area contributed by atoms with Crippen molar-refractivity contribution >= 4 is 57.0 Å². The fourth-order valence-electron chi connectivity index (χ4n) is 3.58. The highest BCUT2D eigenvalue weighted by molar-refractivity contribution is 14.1. The van der Waals surface area contributed by atoms with Crippen LogP contribution in [0.15, 0.2) is 70.7 Å². The molecule has 4 rings (SSSR count). The maximum atomic E-state index is 2.51. The van der Waals surface area contributed by atoms with Gasteiger partial charge in [0, 0.05) is 23.6 Å². The minimum Gasteiger partial charge on any atom is -0.335 e. The molecule has 0 bridgehead atoms. The lowest BCUT2D eigenvalue weighted by atomic mass is 10.1. The van der Waals surface area contributed by atoms with E-state index < -0.39 is 0 Å². The van der Waals surface area contributed by atoms with E-state index in [1.54, 1.807) is 0 Å². The van der Waals surface area contributed by atoms with E-state index in [2.05, 4.69) is 106 Å². The molecule has 0 amide bonds. The zero-order chi connectivity index (χ0) is 18.6. The third-order valence-electron chi connectivity index (χ3n) is 5.00. The molecule has 3 aromatic rings. The molecule has 1 aromatic heterocycles. The maximum Gasteiger partial charge on any atom is 0.212 e. The van der Waals surface area contributed by atoms with Gasteiger partial charge in [-0.1, -0.05) is 65.0 Å². The first-order valence-electron chi connectivity index (χ1n) is 9.47. The SMILES string of the molecule is C[n+]1ccc(/C=C2\Sc3ccccc3N2CCCCCI)c2ccccc21. The van der Waals surface area contributed by atoms with Crippen molar-refractivity contribution in [1.82, 2.24) is 0 Å². The highest BCUT2D eigenvalue weighted by atomic mass is 127. The number of para-hydroxylation sites is 2. The Morgan fingerprint density at radius 2 is 1.81 bits per heavy atom. The van der Waals surface area contributed by atoms with Gasteiger partial charge in [0.2, 0.25) is 5.52 Å². The van der Waals surface area contributed by atoms with Crippen LogP contribution in [0.1, 0.15) is 24.8 Å². The number of fused-ring (bicyclic) bond motifs is 2. The second-order valence-electron chi connectivity index (χ2n) is 6.85. The van der Waals surface area contributed by atoms with Gasteiger partial charge in [0.25, 0.3) is 0 Å². The fraction of sp³-hybridized carbons (Fsp3) is 0.261. The molecule has 0 unspecified atom stereocenters. The third-order valence-corrected chi connectivity index (χ3v) is 6.88. The normalized spacial score (nSPS) is 14.9. The number of hydrogen-bond donors (Lipinski definition) is 0. The van der Waals surface area contributed by atoms with Gasteiger partial charge in [-0.15, -0.1) is 0 Å². The number of thioether (sulfide) groups is 1. The maximum absolute atomic E-state index is 2.51. The van der Waals surface area contributed by atoms with Gasteiger partial charge in [0.1, 0.15) is 7.05 Å². The average Bonchev–Trinajstić information content (AvgIpc) is 3.05. The van der Waals surface area contributed by atoms with Crippen LogP contribution in [0.2, 0.25) is 0 Å². The number of aromatic nitrogens is 1. The lowest BCUT2D eigenvalue weighted by Crippen LogP contribution is -2.28. The van der Waals surface area contributed by atoms with Gasteiger partial charge < -0.3 is 4.90 Å². The Labute approximate surface area is 179 Å². The predicted molar refractivity (Wildman–Crippen MR) is 125 cm³/mol. The van der Waals surface area contributed by atoms with E-state index in [-0.39, 0.29) is 0 Å². The van der Waals surface area contributed by atoms with Gasteiger partial charge in [-0.2, -0.15) is 0 Å². The first kappa shape index (κ1) is 18.8. The van der Waals surface area contributed by atoms with Crippen LogP contribution in [-0.4, -0.2) is 11.0 Å². The summed E-state index contributed by atoms with van der Waals surface area (Å²) in [5.41, 5.74) is 3.91. The number of benzene rings is 2. The van der Waals surface area contributed by atoms with Crippen LogP contribution in [0.3, 0.4) is 0 Å². The summed E-state index contributed by atoms with van der Waals surface area (Å²) in [6, 6.07) is 19.7. The molecule has 138 valence electrons. The third kappa shape index (κ3) is 4.02. The molecule has 2 aromatic carbocycles. The van der Waals surface area contributed by atoms with Crippen LogP contribution < -0.4 is 9.47 Å². The number of rotatable bonds is 6. The molecule has 0 N–H and O–H groups in total. The first-order valence-corrected chi connectivity index (χ1v) is 11.8. The summed E-state index contributed by atoms with van der Waals surface area (Å²) in [4.78, 5) is 3.87. The van der Waals surface area contributed by atoms with Crippen LogP contribution in [-0.2, 0) is 7.05 Å². The van der Waals surface area contributed by atoms with E-state index in [1.165, 1.54) is 55.8 Å². The minimum atomic E-state index is 1.09. The minimum absolute atomic E-state index is 1.09. The smallest absolute Gasteiger partial charge is 0.212 e. The standard InChI is InChI=1S/C23H24IN2S/c1-25-16-13-18(19-9-3-4-10-20(19)25)17-23-26(15-8-2-7-14-24)21-11-5-6-12-22(21)27-23/h3-6,9-13,16-17H,2,7-8,14-15H2,1H3/q+1. The van der Waals surface area contributed by atoms with E-state index >= 15 is 0 Å².